The number of nitrogens with zero attached hydrogens (tertiary/aromatic N) is 1. The van der Waals surface area contributed by atoms with Crippen molar-refractivity contribution in [3.05, 3.63) is 58.6 Å². The summed E-state index contributed by atoms with van der Waals surface area (Å²) in [5.74, 6) is 1.61. The fourth-order valence-electron chi connectivity index (χ4n) is 4.02. The highest BCUT2D eigenvalue weighted by atomic mass is 35.5. The van der Waals surface area contributed by atoms with Crippen LogP contribution in [0.4, 0.5) is 0 Å². The van der Waals surface area contributed by atoms with E-state index in [2.05, 4.69) is 16.3 Å². The molecule has 1 saturated heterocycles. The maximum Gasteiger partial charge on any atom is 0.224 e. The van der Waals surface area contributed by atoms with E-state index in [0.717, 1.165) is 60.1 Å². The Bertz CT molecular complexity index is 873. The standard InChI is InChI=1S/C23H27ClN2O3/c1-16(17-8-9-21-22(13-17)29-12-11-28-21)25-23(27)19-6-4-10-26(15-19)14-18-5-2-3-7-20(18)24/h2-3,5,7-9,13,16,19H,4,6,10-12,14-15H2,1H3,(H,25,27)/t16-,19+/m1/s1. The summed E-state index contributed by atoms with van der Waals surface area (Å²) in [5.41, 5.74) is 2.13. The van der Waals surface area contributed by atoms with Gasteiger partial charge in [-0.05, 0) is 55.6 Å². The monoisotopic (exact) mass is 414 g/mol. The first kappa shape index (κ1) is 20.0. The van der Waals surface area contributed by atoms with Gasteiger partial charge in [-0.2, -0.15) is 0 Å². The van der Waals surface area contributed by atoms with Crippen molar-refractivity contribution in [2.75, 3.05) is 26.3 Å². The van der Waals surface area contributed by atoms with Crippen molar-refractivity contribution in [1.29, 1.82) is 0 Å². The number of piperidine rings is 1. The van der Waals surface area contributed by atoms with Crippen LogP contribution in [0, 0.1) is 5.92 Å². The molecule has 2 atom stereocenters. The van der Waals surface area contributed by atoms with E-state index in [1.165, 1.54) is 0 Å². The summed E-state index contributed by atoms with van der Waals surface area (Å²) in [7, 11) is 0. The molecule has 5 nitrogen and oxygen atoms in total. The molecule has 0 radical (unpaired) electrons. The molecule has 0 aromatic heterocycles. The summed E-state index contributed by atoms with van der Waals surface area (Å²) in [4.78, 5) is 15.2. The molecule has 0 aliphatic carbocycles. The number of amides is 1. The van der Waals surface area contributed by atoms with Crippen molar-refractivity contribution < 1.29 is 14.3 Å². The smallest absolute Gasteiger partial charge is 0.224 e. The first-order chi connectivity index (χ1) is 14.1. The van der Waals surface area contributed by atoms with Crippen LogP contribution < -0.4 is 14.8 Å². The van der Waals surface area contributed by atoms with Crippen LogP contribution in [0.2, 0.25) is 5.02 Å². The minimum atomic E-state index is -0.0859. The summed E-state index contributed by atoms with van der Waals surface area (Å²) >= 11 is 6.30. The lowest BCUT2D eigenvalue weighted by molar-refractivity contribution is -0.127. The van der Waals surface area contributed by atoms with E-state index in [1.54, 1.807) is 0 Å². The van der Waals surface area contributed by atoms with E-state index in [4.69, 9.17) is 21.1 Å². The molecule has 2 aliphatic rings. The summed E-state index contributed by atoms with van der Waals surface area (Å²) in [6.07, 6.45) is 1.93. The number of carbonyl (C=O) groups is 1. The molecule has 2 aromatic carbocycles. The van der Waals surface area contributed by atoms with Crippen molar-refractivity contribution in [3.8, 4) is 11.5 Å². The molecule has 2 aliphatic heterocycles. The summed E-state index contributed by atoms with van der Waals surface area (Å²) in [5, 5.41) is 3.96. The Morgan fingerprint density at radius 2 is 2.00 bits per heavy atom. The number of hydrogen-bond acceptors (Lipinski definition) is 4. The Kier molecular flexibility index (Phi) is 6.26. The zero-order valence-corrected chi connectivity index (χ0v) is 17.5. The van der Waals surface area contributed by atoms with Crippen LogP contribution in [0.25, 0.3) is 0 Å². The molecule has 0 saturated carbocycles. The highest BCUT2D eigenvalue weighted by molar-refractivity contribution is 6.31. The summed E-state index contributed by atoms with van der Waals surface area (Å²) in [6, 6.07) is 13.7. The Hall–Kier alpha value is -2.24. The quantitative estimate of drug-likeness (QED) is 0.796. The fourth-order valence-corrected chi connectivity index (χ4v) is 4.22. The average molecular weight is 415 g/mol. The largest absolute Gasteiger partial charge is 0.486 e. The van der Waals surface area contributed by atoms with Gasteiger partial charge in [-0.1, -0.05) is 35.9 Å². The third-order valence-electron chi connectivity index (χ3n) is 5.65. The van der Waals surface area contributed by atoms with Gasteiger partial charge < -0.3 is 14.8 Å². The Balaban J connectivity index is 1.36. The maximum atomic E-state index is 12.9. The van der Waals surface area contributed by atoms with Crippen molar-refractivity contribution in [1.82, 2.24) is 10.2 Å². The predicted octanol–water partition coefficient (Wildman–Crippen LogP) is 4.20. The Morgan fingerprint density at radius 3 is 2.83 bits per heavy atom. The molecule has 29 heavy (non-hydrogen) atoms. The number of ether oxygens (including phenoxy) is 2. The van der Waals surface area contributed by atoms with Gasteiger partial charge in [0.15, 0.2) is 11.5 Å². The number of rotatable bonds is 5. The number of fused-ring (bicyclic) bond motifs is 1. The third-order valence-corrected chi connectivity index (χ3v) is 6.02. The van der Waals surface area contributed by atoms with Gasteiger partial charge in [-0.3, -0.25) is 9.69 Å². The van der Waals surface area contributed by atoms with Crippen molar-refractivity contribution in [3.63, 3.8) is 0 Å². The van der Waals surface area contributed by atoms with Gasteiger partial charge in [-0.15, -0.1) is 0 Å². The maximum absolute atomic E-state index is 12.9. The van der Waals surface area contributed by atoms with E-state index in [0.29, 0.717) is 13.2 Å². The van der Waals surface area contributed by atoms with Gasteiger partial charge in [0.25, 0.3) is 0 Å². The highest BCUT2D eigenvalue weighted by Crippen LogP contribution is 2.32. The Labute approximate surface area is 176 Å². The second-order valence-electron chi connectivity index (χ2n) is 7.80. The van der Waals surface area contributed by atoms with E-state index in [9.17, 15) is 4.79 Å². The highest BCUT2D eigenvalue weighted by Gasteiger charge is 2.27. The van der Waals surface area contributed by atoms with Gasteiger partial charge in [0.05, 0.1) is 12.0 Å². The van der Waals surface area contributed by atoms with Gasteiger partial charge in [0.1, 0.15) is 13.2 Å². The number of nitrogens with one attached hydrogen (secondary N) is 1. The third kappa shape index (κ3) is 4.85. The molecule has 1 N–H and O–H groups in total. The zero-order chi connectivity index (χ0) is 20.2. The van der Waals surface area contributed by atoms with Crippen LogP contribution in [0.3, 0.4) is 0 Å². The lowest BCUT2D eigenvalue weighted by atomic mass is 9.96. The zero-order valence-electron chi connectivity index (χ0n) is 16.7. The summed E-state index contributed by atoms with van der Waals surface area (Å²) < 4.78 is 11.2. The van der Waals surface area contributed by atoms with Crippen molar-refractivity contribution >= 4 is 17.5 Å². The first-order valence-electron chi connectivity index (χ1n) is 10.3. The predicted molar refractivity (Wildman–Crippen MR) is 113 cm³/mol. The molecule has 2 heterocycles. The SMILES string of the molecule is C[C@@H](NC(=O)[C@H]1CCCN(Cc2ccccc2Cl)C1)c1ccc2c(c1)OCCO2. The molecule has 4 rings (SSSR count). The van der Waals surface area contributed by atoms with Gasteiger partial charge in [-0.25, -0.2) is 0 Å². The summed E-state index contributed by atoms with van der Waals surface area (Å²) in [6.45, 7) is 5.66. The average Bonchev–Trinajstić information content (AvgIpc) is 2.75. The van der Waals surface area contributed by atoms with Crippen LogP contribution in [0.1, 0.15) is 36.9 Å². The Morgan fingerprint density at radius 1 is 1.21 bits per heavy atom. The minimum Gasteiger partial charge on any atom is -0.486 e. The van der Waals surface area contributed by atoms with Crippen LogP contribution in [0.5, 0.6) is 11.5 Å². The number of likely N-dealkylation sites (tertiary alicyclic amines) is 1. The van der Waals surface area contributed by atoms with Gasteiger partial charge >= 0.3 is 0 Å². The minimum absolute atomic E-state index is 0.00843. The molecule has 0 spiro atoms. The van der Waals surface area contributed by atoms with Crippen LogP contribution in [-0.2, 0) is 11.3 Å². The normalized spacial score (nSPS) is 20.1. The number of carbonyl (C=O) groups excluding carboxylic acids is 1. The molecule has 154 valence electrons. The first-order valence-corrected chi connectivity index (χ1v) is 10.6. The van der Waals surface area contributed by atoms with Crippen molar-refractivity contribution in [2.45, 2.75) is 32.4 Å². The topological polar surface area (TPSA) is 50.8 Å². The molecule has 1 fully saturated rings. The lowest BCUT2D eigenvalue weighted by Crippen LogP contribution is -2.43. The second kappa shape index (κ2) is 9.06. The van der Waals surface area contributed by atoms with E-state index in [-0.39, 0.29) is 17.9 Å². The van der Waals surface area contributed by atoms with Gasteiger partial charge in [0, 0.05) is 18.1 Å². The molecule has 1 amide bonds. The molecule has 2 aromatic rings. The number of benzene rings is 2. The van der Waals surface area contributed by atoms with Crippen LogP contribution in [0.15, 0.2) is 42.5 Å². The molecule has 0 bridgehead atoms. The van der Waals surface area contributed by atoms with E-state index < -0.39 is 0 Å². The molecule has 0 unspecified atom stereocenters. The van der Waals surface area contributed by atoms with E-state index >= 15 is 0 Å². The number of hydrogen-bond donors (Lipinski definition) is 1. The van der Waals surface area contributed by atoms with Crippen LogP contribution in [-0.4, -0.2) is 37.1 Å². The molecule has 6 heteroatoms. The molecular weight excluding hydrogens is 388 g/mol. The van der Waals surface area contributed by atoms with Gasteiger partial charge in [0.2, 0.25) is 5.91 Å². The van der Waals surface area contributed by atoms with Crippen molar-refractivity contribution in [2.24, 2.45) is 5.92 Å². The lowest BCUT2D eigenvalue weighted by Gasteiger charge is -2.33. The second-order valence-corrected chi connectivity index (χ2v) is 8.21. The molecular formula is C23H27ClN2O3. The van der Waals surface area contributed by atoms with E-state index in [1.807, 2.05) is 43.3 Å². The number of halogens is 1. The van der Waals surface area contributed by atoms with Crippen LogP contribution >= 0.6 is 11.6 Å². The fraction of sp³-hybridized carbons (Fsp3) is 0.435.